The molecule has 0 radical (unpaired) electrons. The summed E-state index contributed by atoms with van der Waals surface area (Å²) >= 11 is 0. The first-order chi connectivity index (χ1) is 7.89. The van der Waals surface area contributed by atoms with Crippen LogP contribution in [-0.4, -0.2) is 0 Å². The Balaban J connectivity index is 2.43. The van der Waals surface area contributed by atoms with Crippen LogP contribution >= 0.6 is 0 Å². The third kappa shape index (κ3) is 2.46. The lowest BCUT2D eigenvalue weighted by Crippen LogP contribution is -2.11. The average Bonchev–Trinajstić information content (AvgIpc) is 2.18. The molecule has 0 saturated carbocycles. The summed E-state index contributed by atoms with van der Waals surface area (Å²) < 4.78 is 27.7. The van der Waals surface area contributed by atoms with Gasteiger partial charge < -0.3 is 0 Å². The van der Waals surface area contributed by atoms with E-state index in [1.165, 1.54) is 6.07 Å². The number of halogens is 2. The van der Waals surface area contributed by atoms with E-state index in [2.05, 4.69) is 0 Å². The Bertz CT molecular complexity index is 508. The number of allylic oxidation sites excluding steroid dienone is 4. The van der Waals surface area contributed by atoms with Gasteiger partial charge in [-0.2, -0.15) is 0 Å². The van der Waals surface area contributed by atoms with Crippen LogP contribution in [0.4, 0.5) is 8.78 Å². The van der Waals surface area contributed by atoms with Gasteiger partial charge in [0.2, 0.25) is 0 Å². The Kier molecular flexibility index (Phi) is 2.90. The maximum atomic E-state index is 13.9. The average molecular weight is 234 g/mol. The molecule has 0 nitrogen and oxygen atoms in total. The number of benzene rings is 1. The predicted molar refractivity (Wildman–Crippen MR) is 66.7 cm³/mol. The van der Waals surface area contributed by atoms with E-state index in [9.17, 15) is 8.78 Å². The largest absolute Gasteiger partial charge is 0.207 e. The van der Waals surface area contributed by atoms with Crippen LogP contribution in [0.5, 0.6) is 0 Å². The van der Waals surface area contributed by atoms with Crippen molar-refractivity contribution in [2.45, 2.75) is 27.2 Å². The van der Waals surface area contributed by atoms with Crippen LogP contribution in [0.2, 0.25) is 0 Å². The second-order valence-corrected chi connectivity index (χ2v) is 5.29. The van der Waals surface area contributed by atoms with Crippen molar-refractivity contribution in [2.24, 2.45) is 5.41 Å². The number of hydrogen-bond donors (Lipinski definition) is 0. The van der Waals surface area contributed by atoms with Crippen molar-refractivity contribution < 1.29 is 8.78 Å². The Morgan fingerprint density at radius 2 is 1.88 bits per heavy atom. The smallest absolute Gasteiger partial charge is 0.131 e. The highest BCUT2D eigenvalue weighted by atomic mass is 19.1. The van der Waals surface area contributed by atoms with Crippen LogP contribution in [0, 0.1) is 18.2 Å². The molecule has 1 aromatic rings. The van der Waals surface area contributed by atoms with Gasteiger partial charge in [-0.25, -0.2) is 8.78 Å². The van der Waals surface area contributed by atoms with Crippen molar-refractivity contribution in [3.8, 4) is 0 Å². The minimum absolute atomic E-state index is 0.186. The Hall–Kier alpha value is -1.44. The summed E-state index contributed by atoms with van der Waals surface area (Å²) in [5.41, 5.74) is 1.38. The first-order valence-corrected chi connectivity index (χ1v) is 5.74. The van der Waals surface area contributed by atoms with E-state index in [-0.39, 0.29) is 17.1 Å². The lowest BCUT2D eigenvalue weighted by atomic mass is 9.82. The van der Waals surface area contributed by atoms with Crippen LogP contribution in [0.1, 0.15) is 31.4 Å². The lowest BCUT2D eigenvalue weighted by Gasteiger charge is -2.24. The molecule has 0 aromatic heterocycles. The van der Waals surface area contributed by atoms with E-state index in [4.69, 9.17) is 0 Å². The maximum absolute atomic E-state index is 13.9. The first kappa shape index (κ1) is 12.0. The van der Waals surface area contributed by atoms with Gasteiger partial charge in [0.15, 0.2) is 0 Å². The van der Waals surface area contributed by atoms with E-state index in [0.29, 0.717) is 11.1 Å². The minimum atomic E-state index is -0.362. The monoisotopic (exact) mass is 234 g/mol. The van der Waals surface area contributed by atoms with Crippen LogP contribution in [0.3, 0.4) is 0 Å². The highest BCUT2D eigenvalue weighted by Gasteiger charge is 2.23. The second-order valence-electron chi connectivity index (χ2n) is 5.29. The summed E-state index contributed by atoms with van der Waals surface area (Å²) in [6.45, 7) is 5.74. The molecular weight excluding hydrogens is 218 g/mol. The molecule has 0 N–H and O–H groups in total. The molecule has 1 aromatic carbocycles. The van der Waals surface area contributed by atoms with E-state index < -0.39 is 0 Å². The van der Waals surface area contributed by atoms with Crippen molar-refractivity contribution in [2.75, 3.05) is 0 Å². The zero-order valence-electron chi connectivity index (χ0n) is 10.3. The SMILES string of the molecule is Cc1ccc(C2=CCC(C)(C)C=C2F)c(F)c1. The molecule has 2 rings (SSSR count). The molecule has 0 saturated heterocycles. The van der Waals surface area contributed by atoms with Crippen molar-refractivity contribution in [3.05, 3.63) is 53.1 Å². The third-order valence-corrected chi connectivity index (χ3v) is 3.02. The molecule has 0 fully saturated rings. The zero-order valence-corrected chi connectivity index (χ0v) is 10.3. The van der Waals surface area contributed by atoms with Gasteiger partial charge in [-0.3, -0.25) is 0 Å². The Morgan fingerprint density at radius 1 is 1.18 bits per heavy atom. The Morgan fingerprint density at radius 3 is 2.47 bits per heavy atom. The number of rotatable bonds is 1. The van der Waals surface area contributed by atoms with Gasteiger partial charge in [0.25, 0.3) is 0 Å². The molecule has 0 amide bonds. The third-order valence-electron chi connectivity index (χ3n) is 3.02. The fourth-order valence-electron chi connectivity index (χ4n) is 2.02. The van der Waals surface area contributed by atoms with Gasteiger partial charge in [0.1, 0.15) is 11.6 Å². The maximum Gasteiger partial charge on any atom is 0.131 e. The molecule has 1 aliphatic rings. The van der Waals surface area contributed by atoms with Gasteiger partial charge in [-0.1, -0.05) is 32.1 Å². The second kappa shape index (κ2) is 4.10. The molecule has 0 unspecified atom stereocenters. The molecule has 90 valence electrons. The summed E-state index contributed by atoms with van der Waals surface area (Å²) in [4.78, 5) is 0. The fraction of sp³-hybridized carbons (Fsp3) is 0.333. The molecule has 1 aliphatic carbocycles. The van der Waals surface area contributed by atoms with Crippen molar-refractivity contribution in [1.82, 2.24) is 0 Å². The van der Waals surface area contributed by atoms with Crippen LogP contribution in [0.25, 0.3) is 5.57 Å². The predicted octanol–water partition coefficient (Wildman–Crippen LogP) is 4.80. The van der Waals surface area contributed by atoms with Crippen LogP contribution in [0.15, 0.2) is 36.2 Å². The minimum Gasteiger partial charge on any atom is -0.207 e. The van der Waals surface area contributed by atoms with Crippen molar-refractivity contribution in [1.29, 1.82) is 0 Å². The standard InChI is InChI=1S/C15H16F2/c1-10-4-5-11(13(16)8-10)12-6-7-15(2,3)9-14(12)17/h4-6,8-9H,7H2,1-3H3. The van der Waals surface area contributed by atoms with Gasteiger partial charge in [0.05, 0.1) is 0 Å². The normalized spacial score (nSPS) is 18.6. The summed E-state index contributed by atoms with van der Waals surface area (Å²) in [6, 6.07) is 4.87. The molecule has 0 atom stereocenters. The van der Waals surface area contributed by atoms with E-state index in [1.54, 1.807) is 24.3 Å². The van der Waals surface area contributed by atoms with Gasteiger partial charge >= 0.3 is 0 Å². The molecule has 0 bridgehead atoms. The van der Waals surface area contributed by atoms with Crippen molar-refractivity contribution in [3.63, 3.8) is 0 Å². The summed E-state index contributed by atoms with van der Waals surface area (Å²) in [7, 11) is 0. The van der Waals surface area contributed by atoms with Crippen molar-refractivity contribution >= 4 is 5.57 Å². The number of hydrogen-bond acceptors (Lipinski definition) is 0. The highest BCUT2D eigenvalue weighted by Crippen LogP contribution is 2.38. The first-order valence-electron chi connectivity index (χ1n) is 5.74. The van der Waals surface area contributed by atoms with E-state index in [1.807, 2.05) is 20.8 Å². The topological polar surface area (TPSA) is 0 Å². The highest BCUT2D eigenvalue weighted by molar-refractivity contribution is 5.78. The fourth-order valence-corrected chi connectivity index (χ4v) is 2.02. The summed E-state index contributed by atoms with van der Waals surface area (Å²) in [5, 5.41) is 0. The van der Waals surface area contributed by atoms with Gasteiger partial charge in [-0.15, -0.1) is 0 Å². The molecule has 0 aliphatic heterocycles. The summed E-state index contributed by atoms with van der Waals surface area (Å²) in [6.07, 6.45) is 4.08. The molecule has 0 heterocycles. The van der Waals surface area contributed by atoms with Gasteiger partial charge in [0, 0.05) is 11.1 Å². The summed E-state index contributed by atoms with van der Waals surface area (Å²) in [5.74, 6) is -0.691. The lowest BCUT2D eigenvalue weighted by molar-refractivity contribution is 0.464. The van der Waals surface area contributed by atoms with Crippen LogP contribution in [-0.2, 0) is 0 Å². The molecule has 2 heteroatoms. The molecular formula is C15H16F2. The molecule has 17 heavy (non-hydrogen) atoms. The molecule has 0 spiro atoms. The Labute approximate surface area is 101 Å². The van der Waals surface area contributed by atoms with Gasteiger partial charge in [-0.05, 0) is 36.5 Å². The van der Waals surface area contributed by atoms with E-state index in [0.717, 1.165) is 12.0 Å². The quantitative estimate of drug-likeness (QED) is 0.654. The number of aryl methyl sites for hydroxylation is 1. The van der Waals surface area contributed by atoms with E-state index >= 15 is 0 Å². The van der Waals surface area contributed by atoms with Crippen LogP contribution < -0.4 is 0 Å². The zero-order chi connectivity index (χ0) is 12.6.